The fourth-order valence-electron chi connectivity index (χ4n) is 2.52. The Balaban J connectivity index is 2.13. The zero-order chi connectivity index (χ0) is 18.0. The number of amides is 1. The molecule has 2 heterocycles. The van der Waals surface area contributed by atoms with Crippen molar-refractivity contribution in [2.24, 2.45) is 0 Å². The summed E-state index contributed by atoms with van der Waals surface area (Å²) in [6, 6.07) is 10.9. The predicted molar refractivity (Wildman–Crippen MR) is 93.3 cm³/mol. The molecule has 1 amide bonds. The molecule has 0 aliphatic carbocycles. The van der Waals surface area contributed by atoms with Gasteiger partial charge in [-0.2, -0.15) is 0 Å². The number of hydrogen-bond acceptors (Lipinski definition) is 5. The average molecular weight is 358 g/mol. The number of aromatic hydroxyl groups is 1. The molecule has 0 bridgehead atoms. The minimum atomic E-state index is -1.24. The smallest absolute Gasteiger partial charge is 0.322 e. The largest absolute Gasteiger partial charge is 0.505 e. The van der Waals surface area contributed by atoms with Crippen LogP contribution in [0.2, 0.25) is 0 Å². The number of aliphatic carboxylic acids is 1. The molecule has 0 radical (unpaired) electrons. The number of hydrogen-bond donors (Lipinski definition) is 3. The maximum atomic E-state index is 12.8. The van der Waals surface area contributed by atoms with Crippen LogP contribution in [0.1, 0.15) is 15.9 Å². The monoisotopic (exact) mass is 358 g/mol. The average Bonchev–Trinajstić information content (AvgIpc) is 3.08. The Labute approximate surface area is 145 Å². The third-order valence-electron chi connectivity index (χ3n) is 3.66. The summed E-state index contributed by atoms with van der Waals surface area (Å²) in [5.74, 6) is -2.58. The SMILES string of the molecule is O=C(O)CNC(=O)c1c(O)c2sccc2n(Cc2ccccc2)c1=O. The maximum Gasteiger partial charge on any atom is 0.322 e. The third kappa shape index (κ3) is 3.24. The van der Waals surface area contributed by atoms with E-state index in [1.54, 1.807) is 11.4 Å². The second-order valence-corrected chi connectivity index (χ2v) is 6.23. The van der Waals surface area contributed by atoms with Crippen molar-refractivity contribution in [1.29, 1.82) is 0 Å². The van der Waals surface area contributed by atoms with Crippen LogP contribution in [-0.2, 0) is 11.3 Å². The third-order valence-corrected chi connectivity index (χ3v) is 4.57. The highest BCUT2D eigenvalue weighted by Crippen LogP contribution is 2.31. The van der Waals surface area contributed by atoms with Crippen LogP contribution in [0.5, 0.6) is 5.75 Å². The molecule has 2 aromatic heterocycles. The number of carbonyl (C=O) groups is 2. The molecule has 0 atom stereocenters. The first-order valence-corrected chi connectivity index (χ1v) is 8.24. The lowest BCUT2D eigenvalue weighted by molar-refractivity contribution is -0.135. The first kappa shape index (κ1) is 16.7. The zero-order valence-electron chi connectivity index (χ0n) is 12.9. The van der Waals surface area contributed by atoms with E-state index in [1.165, 1.54) is 15.9 Å². The van der Waals surface area contributed by atoms with Gasteiger partial charge in [-0.15, -0.1) is 11.3 Å². The van der Waals surface area contributed by atoms with E-state index in [1.807, 2.05) is 30.3 Å². The van der Waals surface area contributed by atoms with Gasteiger partial charge in [0.1, 0.15) is 12.1 Å². The number of fused-ring (bicyclic) bond motifs is 1. The fourth-order valence-corrected chi connectivity index (χ4v) is 3.37. The van der Waals surface area contributed by atoms with Gasteiger partial charge in [0, 0.05) is 0 Å². The van der Waals surface area contributed by atoms with E-state index in [0.29, 0.717) is 10.2 Å². The van der Waals surface area contributed by atoms with Crippen molar-refractivity contribution in [1.82, 2.24) is 9.88 Å². The second-order valence-electron chi connectivity index (χ2n) is 5.31. The van der Waals surface area contributed by atoms with E-state index in [4.69, 9.17) is 5.11 Å². The number of nitrogens with zero attached hydrogens (tertiary/aromatic N) is 1. The molecule has 0 fully saturated rings. The molecule has 1 aromatic carbocycles. The number of carboxylic acids is 1. The van der Waals surface area contributed by atoms with Crippen molar-refractivity contribution in [3.05, 3.63) is 63.3 Å². The molecule has 0 saturated heterocycles. The van der Waals surface area contributed by atoms with Crippen LogP contribution < -0.4 is 10.9 Å². The lowest BCUT2D eigenvalue weighted by Crippen LogP contribution is -2.35. The van der Waals surface area contributed by atoms with Crippen molar-refractivity contribution in [2.75, 3.05) is 6.54 Å². The van der Waals surface area contributed by atoms with Crippen molar-refractivity contribution >= 4 is 33.4 Å². The fraction of sp³-hybridized carbons (Fsp3) is 0.118. The maximum absolute atomic E-state index is 12.8. The van der Waals surface area contributed by atoms with Crippen molar-refractivity contribution in [3.63, 3.8) is 0 Å². The van der Waals surface area contributed by atoms with Crippen LogP contribution in [0.25, 0.3) is 10.2 Å². The first-order chi connectivity index (χ1) is 12.0. The molecule has 3 aromatic rings. The van der Waals surface area contributed by atoms with Crippen molar-refractivity contribution in [2.45, 2.75) is 6.54 Å². The Morgan fingerprint density at radius 2 is 1.88 bits per heavy atom. The highest BCUT2D eigenvalue weighted by molar-refractivity contribution is 7.17. The minimum Gasteiger partial charge on any atom is -0.505 e. The van der Waals surface area contributed by atoms with Gasteiger partial charge in [-0.3, -0.25) is 14.4 Å². The molecule has 0 spiro atoms. The van der Waals surface area contributed by atoms with Crippen LogP contribution in [0.3, 0.4) is 0 Å². The standard InChI is InChI=1S/C17H14N2O5S/c20-12(21)8-18-16(23)13-14(22)15-11(6-7-25-15)19(17(13)24)9-10-4-2-1-3-5-10/h1-7,22H,8-9H2,(H,18,23)(H,20,21). The van der Waals surface area contributed by atoms with Gasteiger partial charge >= 0.3 is 5.97 Å². The quantitative estimate of drug-likeness (QED) is 0.642. The zero-order valence-corrected chi connectivity index (χ0v) is 13.7. The summed E-state index contributed by atoms with van der Waals surface area (Å²) in [5, 5.41) is 22.8. The molecule has 8 heteroatoms. The molecular weight excluding hydrogens is 344 g/mol. The molecule has 0 aliphatic rings. The second kappa shape index (κ2) is 6.78. The predicted octanol–water partition coefficient (Wildman–Crippen LogP) is 1.63. The van der Waals surface area contributed by atoms with Gasteiger partial charge < -0.3 is 20.1 Å². The Morgan fingerprint density at radius 3 is 2.56 bits per heavy atom. The molecule has 0 aliphatic heterocycles. The van der Waals surface area contributed by atoms with Crippen molar-refractivity contribution in [3.8, 4) is 5.75 Å². The molecule has 25 heavy (non-hydrogen) atoms. The number of benzene rings is 1. The highest BCUT2D eigenvalue weighted by atomic mass is 32.1. The molecule has 3 N–H and O–H groups in total. The summed E-state index contributed by atoms with van der Waals surface area (Å²) in [6.07, 6.45) is 0. The Kier molecular flexibility index (Phi) is 4.53. The lowest BCUT2D eigenvalue weighted by atomic mass is 10.1. The van der Waals surface area contributed by atoms with Gasteiger partial charge in [0.2, 0.25) is 0 Å². The van der Waals surface area contributed by atoms with Gasteiger partial charge in [0.25, 0.3) is 11.5 Å². The van der Waals surface area contributed by atoms with E-state index in [0.717, 1.165) is 5.56 Å². The normalized spacial score (nSPS) is 10.7. The summed E-state index contributed by atoms with van der Waals surface area (Å²) >= 11 is 1.20. The summed E-state index contributed by atoms with van der Waals surface area (Å²) < 4.78 is 1.80. The minimum absolute atomic E-state index is 0.229. The van der Waals surface area contributed by atoms with Gasteiger partial charge in [-0.1, -0.05) is 30.3 Å². The first-order valence-electron chi connectivity index (χ1n) is 7.36. The van der Waals surface area contributed by atoms with Crippen molar-refractivity contribution < 1.29 is 19.8 Å². The number of aromatic nitrogens is 1. The Bertz CT molecular complexity index is 1010. The van der Waals surface area contributed by atoms with Crippen LogP contribution in [0.4, 0.5) is 0 Å². The van der Waals surface area contributed by atoms with E-state index >= 15 is 0 Å². The summed E-state index contributed by atoms with van der Waals surface area (Å²) in [4.78, 5) is 35.6. The number of thiophene rings is 1. The van der Waals surface area contributed by atoms with Crippen LogP contribution >= 0.6 is 11.3 Å². The van der Waals surface area contributed by atoms with Gasteiger partial charge in [0.15, 0.2) is 5.75 Å². The molecule has 0 unspecified atom stereocenters. The molecule has 7 nitrogen and oxygen atoms in total. The molecule has 3 rings (SSSR count). The number of rotatable bonds is 5. The van der Waals surface area contributed by atoms with Crippen LogP contribution in [-0.4, -0.2) is 33.2 Å². The van der Waals surface area contributed by atoms with E-state index in [-0.39, 0.29) is 6.54 Å². The number of nitrogens with one attached hydrogen (secondary N) is 1. The van der Waals surface area contributed by atoms with Crippen LogP contribution in [0.15, 0.2) is 46.6 Å². The Morgan fingerprint density at radius 1 is 1.16 bits per heavy atom. The van der Waals surface area contributed by atoms with Gasteiger partial charge in [-0.05, 0) is 17.0 Å². The summed E-state index contributed by atoms with van der Waals surface area (Å²) in [6.45, 7) is -0.411. The van der Waals surface area contributed by atoms with E-state index in [2.05, 4.69) is 5.32 Å². The Hall–Kier alpha value is -3.13. The van der Waals surface area contributed by atoms with Gasteiger partial charge in [0.05, 0.1) is 16.8 Å². The van der Waals surface area contributed by atoms with E-state index in [9.17, 15) is 19.5 Å². The molecule has 128 valence electrons. The highest BCUT2D eigenvalue weighted by Gasteiger charge is 2.23. The van der Waals surface area contributed by atoms with E-state index < -0.39 is 35.3 Å². The number of carboxylic acid groups (broad SMARTS) is 1. The molecule has 0 saturated carbocycles. The summed E-state index contributed by atoms with van der Waals surface area (Å²) in [7, 11) is 0. The van der Waals surface area contributed by atoms with Crippen LogP contribution in [0, 0.1) is 0 Å². The summed E-state index contributed by atoms with van der Waals surface area (Å²) in [5.41, 5.74) is 0.257. The lowest BCUT2D eigenvalue weighted by Gasteiger charge is -2.12. The number of pyridine rings is 1. The van der Waals surface area contributed by atoms with Gasteiger partial charge in [-0.25, -0.2) is 0 Å². The molecular formula is C17H14N2O5S. The topological polar surface area (TPSA) is 109 Å². The number of carbonyl (C=O) groups excluding carboxylic acids is 1.